The van der Waals surface area contributed by atoms with Crippen molar-refractivity contribution >= 4 is 23.3 Å². The number of fused-ring (bicyclic) bond motifs is 1. The second-order valence-corrected chi connectivity index (χ2v) is 2.84. The number of aromatic nitrogens is 2. The molecule has 1 heterocycles. The van der Waals surface area contributed by atoms with E-state index in [1.165, 1.54) is 0 Å². The molecule has 0 spiro atoms. The van der Waals surface area contributed by atoms with E-state index in [4.69, 9.17) is 5.73 Å². The molecule has 13 heavy (non-hydrogen) atoms. The van der Waals surface area contributed by atoms with Gasteiger partial charge in [-0.2, -0.15) is 0 Å². The van der Waals surface area contributed by atoms with Gasteiger partial charge in [0.05, 0.1) is 11.0 Å². The van der Waals surface area contributed by atoms with E-state index in [2.05, 4.69) is 9.97 Å². The highest BCUT2D eigenvalue weighted by molar-refractivity contribution is 5.78. The van der Waals surface area contributed by atoms with Crippen molar-refractivity contribution in [2.75, 3.05) is 5.73 Å². The van der Waals surface area contributed by atoms with Gasteiger partial charge in [0.25, 0.3) is 0 Å². The van der Waals surface area contributed by atoms with Gasteiger partial charge >= 0.3 is 0 Å². The smallest absolute Gasteiger partial charge is 0.198 e. The van der Waals surface area contributed by atoms with Gasteiger partial charge in [-0.15, -0.1) is 0 Å². The topological polar surface area (TPSA) is 71.8 Å². The van der Waals surface area contributed by atoms with Crippen LogP contribution in [0.3, 0.4) is 0 Å². The maximum Gasteiger partial charge on any atom is 0.198 e. The van der Waals surface area contributed by atoms with Crippen molar-refractivity contribution in [1.29, 1.82) is 0 Å². The van der Waals surface area contributed by atoms with E-state index in [1.807, 2.05) is 18.2 Å². The van der Waals surface area contributed by atoms with Gasteiger partial charge in [0, 0.05) is 6.42 Å². The van der Waals surface area contributed by atoms with Gasteiger partial charge in [0.1, 0.15) is 6.29 Å². The highest BCUT2D eigenvalue weighted by Gasteiger charge is 2.00. The lowest BCUT2D eigenvalue weighted by Crippen LogP contribution is -1.85. The molecule has 0 saturated heterocycles. The Labute approximate surface area is 74.8 Å². The van der Waals surface area contributed by atoms with Gasteiger partial charge in [-0.05, 0) is 17.7 Å². The maximum absolute atomic E-state index is 10.3. The van der Waals surface area contributed by atoms with Crippen molar-refractivity contribution in [3.8, 4) is 0 Å². The summed E-state index contributed by atoms with van der Waals surface area (Å²) in [5.41, 5.74) is 8.14. The van der Waals surface area contributed by atoms with E-state index in [-0.39, 0.29) is 0 Å². The number of imidazole rings is 1. The van der Waals surface area contributed by atoms with Crippen LogP contribution in [0.4, 0.5) is 5.95 Å². The normalized spacial score (nSPS) is 10.5. The Morgan fingerprint density at radius 3 is 3.15 bits per heavy atom. The number of nitrogens with two attached hydrogens (primary N) is 1. The van der Waals surface area contributed by atoms with Crippen molar-refractivity contribution in [1.82, 2.24) is 9.97 Å². The molecule has 0 bridgehead atoms. The zero-order chi connectivity index (χ0) is 9.26. The molecule has 0 radical (unpaired) electrons. The predicted octanol–water partition coefficient (Wildman–Crippen LogP) is 0.887. The van der Waals surface area contributed by atoms with Crippen LogP contribution >= 0.6 is 0 Å². The van der Waals surface area contributed by atoms with Gasteiger partial charge in [0.15, 0.2) is 5.95 Å². The van der Waals surface area contributed by atoms with Crippen molar-refractivity contribution in [3.05, 3.63) is 23.8 Å². The van der Waals surface area contributed by atoms with Crippen LogP contribution in [0.15, 0.2) is 18.2 Å². The first kappa shape index (κ1) is 7.79. The van der Waals surface area contributed by atoms with Gasteiger partial charge in [-0.1, -0.05) is 6.07 Å². The number of carbonyl (C=O) groups is 1. The number of H-pyrrole nitrogens is 1. The maximum atomic E-state index is 10.3. The summed E-state index contributed by atoms with van der Waals surface area (Å²) in [6, 6.07) is 5.60. The first-order valence-electron chi connectivity index (χ1n) is 3.97. The summed E-state index contributed by atoms with van der Waals surface area (Å²) < 4.78 is 0. The highest BCUT2D eigenvalue weighted by atomic mass is 16.1. The van der Waals surface area contributed by atoms with Gasteiger partial charge in [-0.25, -0.2) is 4.98 Å². The lowest BCUT2D eigenvalue weighted by atomic mass is 10.1. The fourth-order valence-electron chi connectivity index (χ4n) is 1.30. The average molecular weight is 175 g/mol. The Kier molecular flexibility index (Phi) is 1.73. The summed E-state index contributed by atoms with van der Waals surface area (Å²) in [5.74, 6) is 0.401. The number of rotatable bonds is 2. The Hall–Kier alpha value is -1.84. The molecule has 3 N–H and O–H groups in total. The quantitative estimate of drug-likeness (QED) is 0.666. The summed E-state index contributed by atoms with van der Waals surface area (Å²) in [7, 11) is 0. The Morgan fingerprint density at radius 1 is 1.54 bits per heavy atom. The third-order valence-corrected chi connectivity index (χ3v) is 1.88. The lowest BCUT2D eigenvalue weighted by molar-refractivity contribution is -0.107. The number of benzene rings is 1. The molecule has 0 fully saturated rings. The molecule has 0 saturated carbocycles. The Morgan fingerprint density at radius 2 is 2.38 bits per heavy atom. The molecule has 0 aliphatic heterocycles. The van der Waals surface area contributed by atoms with E-state index in [0.29, 0.717) is 12.4 Å². The number of aldehydes is 1. The van der Waals surface area contributed by atoms with Crippen molar-refractivity contribution in [3.63, 3.8) is 0 Å². The fraction of sp³-hybridized carbons (Fsp3) is 0.111. The van der Waals surface area contributed by atoms with E-state index >= 15 is 0 Å². The fourth-order valence-corrected chi connectivity index (χ4v) is 1.30. The van der Waals surface area contributed by atoms with Crippen LogP contribution in [0.25, 0.3) is 11.0 Å². The van der Waals surface area contributed by atoms with Crippen LogP contribution < -0.4 is 5.73 Å². The van der Waals surface area contributed by atoms with Crippen molar-refractivity contribution in [2.24, 2.45) is 0 Å². The number of anilines is 1. The first-order chi connectivity index (χ1) is 6.29. The molecule has 1 aromatic heterocycles. The molecule has 0 amide bonds. The molecule has 2 aromatic rings. The van der Waals surface area contributed by atoms with Crippen molar-refractivity contribution in [2.45, 2.75) is 6.42 Å². The van der Waals surface area contributed by atoms with Gasteiger partial charge < -0.3 is 15.5 Å². The zero-order valence-electron chi connectivity index (χ0n) is 6.95. The summed E-state index contributed by atoms with van der Waals surface area (Å²) in [4.78, 5) is 17.2. The van der Waals surface area contributed by atoms with Crippen LogP contribution in [0.1, 0.15) is 5.56 Å². The minimum absolute atomic E-state index is 0.401. The molecule has 0 unspecified atom stereocenters. The van der Waals surface area contributed by atoms with Crippen LogP contribution in [0.2, 0.25) is 0 Å². The number of nitrogens with zero attached hydrogens (tertiary/aromatic N) is 1. The standard InChI is InChI=1S/C9H9N3O/c10-9-11-7-2-1-6(3-4-13)5-8(7)12-9/h1-2,4-5H,3H2,(H3,10,11,12). The van der Waals surface area contributed by atoms with E-state index < -0.39 is 0 Å². The van der Waals surface area contributed by atoms with E-state index in [9.17, 15) is 4.79 Å². The molecule has 0 aliphatic carbocycles. The number of carbonyl (C=O) groups excluding carboxylic acids is 1. The van der Waals surface area contributed by atoms with Crippen molar-refractivity contribution < 1.29 is 4.79 Å². The van der Waals surface area contributed by atoms with E-state index in [0.717, 1.165) is 22.9 Å². The number of hydrogen-bond acceptors (Lipinski definition) is 3. The molecule has 66 valence electrons. The molecule has 0 atom stereocenters. The zero-order valence-corrected chi connectivity index (χ0v) is 6.95. The minimum Gasteiger partial charge on any atom is -0.369 e. The van der Waals surface area contributed by atoms with Crippen LogP contribution in [-0.2, 0) is 11.2 Å². The molecular weight excluding hydrogens is 166 g/mol. The molecule has 1 aromatic carbocycles. The van der Waals surface area contributed by atoms with Crippen LogP contribution in [0.5, 0.6) is 0 Å². The molecule has 0 aliphatic rings. The highest BCUT2D eigenvalue weighted by Crippen LogP contribution is 2.14. The number of nitrogens with one attached hydrogen (secondary N) is 1. The molecule has 4 heteroatoms. The van der Waals surface area contributed by atoms with Gasteiger partial charge in [-0.3, -0.25) is 0 Å². The van der Waals surface area contributed by atoms with Crippen LogP contribution in [0, 0.1) is 0 Å². The summed E-state index contributed by atoms with van der Waals surface area (Å²) in [6.45, 7) is 0. The lowest BCUT2D eigenvalue weighted by Gasteiger charge is -1.93. The third-order valence-electron chi connectivity index (χ3n) is 1.88. The minimum atomic E-state index is 0.401. The number of aromatic amines is 1. The van der Waals surface area contributed by atoms with Gasteiger partial charge in [0.2, 0.25) is 0 Å². The SMILES string of the molecule is Nc1nc2ccc(CC=O)cc2[nH]1. The first-order valence-corrected chi connectivity index (χ1v) is 3.97. The Bertz CT molecular complexity index is 447. The second kappa shape index (κ2) is 2.90. The monoisotopic (exact) mass is 175 g/mol. The number of hydrogen-bond donors (Lipinski definition) is 2. The summed E-state index contributed by atoms with van der Waals surface area (Å²) >= 11 is 0. The predicted molar refractivity (Wildman–Crippen MR) is 50.3 cm³/mol. The molecule has 4 nitrogen and oxygen atoms in total. The molecular formula is C9H9N3O. The Balaban J connectivity index is 2.54. The third kappa shape index (κ3) is 1.38. The largest absolute Gasteiger partial charge is 0.369 e. The number of nitrogen functional groups attached to an aromatic ring is 1. The van der Waals surface area contributed by atoms with Crippen LogP contribution in [-0.4, -0.2) is 16.3 Å². The summed E-state index contributed by atoms with van der Waals surface area (Å²) in [6.07, 6.45) is 1.30. The second-order valence-electron chi connectivity index (χ2n) is 2.84. The average Bonchev–Trinajstić information content (AvgIpc) is 2.44. The summed E-state index contributed by atoms with van der Waals surface area (Å²) in [5, 5.41) is 0. The molecule has 2 rings (SSSR count). The van der Waals surface area contributed by atoms with E-state index in [1.54, 1.807) is 0 Å².